The van der Waals surface area contributed by atoms with Crippen molar-refractivity contribution >= 4 is 119 Å². The molecule has 0 N–H and O–H groups in total. The molecule has 0 aliphatic heterocycles. The van der Waals surface area contributed by atoms with Crippen molar-refractivity contribution in [3.63, 3.8) is 0 Å². The number of rotatable bonds is 11. The van der Waals surface area contributed by atoms with Gasteiger partial charge in [0.25, 0.3) is 0 Å². The van der Waals surface area contributed by atoms with E-state index < -0.39 is 10.8 Å². The Morgan fingerprint density at radius 2 is 0.526 bits per heavy atom. The molecule has 2 nitrogen and oxygen atoms in total. The molecule has 0 radical (unpaired) electrons. The van der Waals surface area contributed by atoms with Crippen molar-refractivity contribution in [3.8, 4) is 55.6 Å². The fourth-order valence-electron chi connectivity index (χ4n) is 22.5. The fourth-order valence-corrected chi connectivity index (χ4v) is 22.5. The Morgan fingerprint density at radius 1 is 0.216 bits per heavy atom. The highest BCUT2D eigenvalue weighted by Crippen LogP contribution is 2.64. The third-order valence-electron chi connectivity index (χ3n) is 28.4. The number of benzene rings is 18. The first kappa shape index (κ1) is 66.1. The molecule has 4 aromatic heterocycles. The van der Waals surface area contributed by atoms with Crippen molar-refractivity contribution in [2.24, 2.45) is 0 Å². The Morgan fingerprint density at radius 3 is 0.905 bits per heavy atom. The van der Waals surface area contributed by atoms with E-state index in [4.69, 9.17) is 0 Å². The van der Waals surface area contributed by atoms with Crippen LogP contribution in [0.3, 0.4) is 0 Å². The van der Waals surface area contributed by atoms with Gasteiger partial charge in [0.2, 0.25) is 0 Å². The van der Waals surface area contributed by atoms with Gasteiger partial charge < -0.3 is 8.80 Å². The summed E-state index contributed by atoms with van der Waals surface area (Å²) in [6.07, 6.45) is 2.15. The Kier molecular flexibility index (Phi) is 13.7. The van der Waals surface area contributed by atoms with Crippen LogP contribution in [0.1, 0.15) is 145 Å². The molecule has 2 atom stereocenters. The van der Waals surface area contributed by atoms with E-state index in [0.29, 0.717) is 23.7 Å². The molecule has 25 rings (SSSR count). The Hall–Kier alpha value is -13.4. The number of nitrogens with zero attached hydrogens (tertiary/aromatic N) is 2. The van der Waals surface area contributed by atoms with E-state index in [2.05, 4.69) is 390 Å². The van der Waals surface area contributed by atoms with E-state index in [1.807, 2.05) is 0 Å². The van der Waals surface area contributed by atoms with Gasteiger partial charge in [-0.1, -0.05) is 302 Å². The second kappa shape index (κ2) is 24.1. The number of fused-ring (bicyclic) bond motifs is 29. The first-order valence-corrected chi connectivity index (χ1v) is 42.0. The molecule has 0 amide bonds. The number of hydrogen-bond donors (Lipinski definition) is 0. The molecule has 3 aliphatic rings. The molecule has 4 heterocycles. The van der Waals surface area contributed by atoms with E-state index in [9.17, 15) is 0 Å². The minimum absolute atomic E-state index is 0.357. The lowest BCUT2D eigenvalue weighted by atomic mass is 9.67. The van der Waals surface area contributed by atoms with Gasteiger partial charge in [-0.3, -0.25) is 0 Å². The van der Waals surface area contributed by atoms with Crippen LogP contribution in [0.2, 0.25) is 0 Å². The molecule has 0 bridgehead atoms. The predicted octanol–water partition coefficient (Wildman–Crippen LogP) is 30.6. The summed E-state index contributed by atoms with van der Waals surface area (Å²) in [5.74, 6) is 1.59. The summed E-state index contributed by atoms with van der Waals surface area (Å²) in [4.78, 5) is 0. The summed E-state index contributed by atoms with van der Waals surface area (Å²) in [6.45, 7) is 14.1. The maximum atomic E-state index is 2.60. The van der Waals surface area contributed by atoms with Crippen molar-refractivity contribution < 1.29 is 0 Å². The van der Waals surface area contributed by atoms with Gasteiger partial charge in [-0.15, -0.1) is 0 Å². The molecule has 548 valence electrons. The van der Waals surface area contributed by atoms with Crippen molar-refractivity contribution in [1.29, 1.82) is 0 Å². The van der Waals surface area contributed by atoms with Crippen LogP contribution in [0.15, 0.2) is 340 Å². The maximum absolute atomic E-state index is 2.60. The fraction of sp³-hybridized carbons (Fsp3) is 0.123. The van der Waals surface area contributed by atoms with Crippen LogP contribution in [0.25, 0.3) is 175 Å². The third kappa shape index (κ3) is 8.97. The molecule has 1 spiro atoms. The Bertz CT molecular complexity index is 7880. The number of hydrogen-bond acceptors (Lipinski definition) is 0. The van der Waals surface area contributed by atoms with Gasteiger partial charge in [0.15, 0.2) is 0 Å². The average Bonchev–Trinajstić information content (AvgIpc) is 1.50. The highest BCUT2D eigenvalue weighted by Gasteiger charge is 2.52. The van der Waals surface area contributed by atoms with E-state index in [-0.39, 0.29) is 0 Å². The van der Waals surface area contributed by atoms with Gasteiger partial charge in [0, 0.05) is 43.1 Å². The quantitative estimate of drug-likeness (QED) is 0.122. The van der Waals surface area contributed by atoms with E-state index in [0.717, 1.165) is 12.8 Å². The van der Waals surface area contributed by atoms with Gasteiger partial charge in [-0.05, 0) is 281 Å². The Labute approximate surface area is 674 Å². The predicted molar refractivity (Wildman–Crippen MR) is 491 cm³/mol. The van der Waals surface area contributed by atoms with Crippen molar-refractivity contribution in [1.82, 2.24) is 8.80 Å². The van der Waals surface area contributed by atoms with Gasteiger partial charge >= 0.3 is 0 Å². The molecule has 0 saturated carbocycles. The molecule has 0 saturated heterocycles. The van der Waals surface area contributed by atoms with Crippen LogP contribution in [0.5, 0.6) is 0 Å². The van der Waals surface area contributed by atoms with Gasteiger partial charge in [-0.25, -0.2) is 0 Å². The lowest BCUT2D eigenvalue weighted by molar-refractivity contribution is 0.574. The van der Waals surface area contributed by atoms with Gasteiger partial charge in [-0.2, -0.15) is 0 Å². The van der Waals surface area contributed by atoms with Gasteiger partial charge in [0.1, 0.15) is 0 Å². The lowest BCUT2D eigenvalue weighted by Gasteiger charge is -2.34. The highest BCUT2D eigenvalue weighted by molar-refractivity contribution is 6.29. The standard InChI is InChI=1S/C114H82N2/c1-65(2)70-34-38-75-61-107-93(52-79(75)48-70)97-56-83(69-42-45-86(46-43-69)113(85-20-8-7-9-21-85)101-27-15-10-22-87(101)88-23-11-16-28-102(88)113)57-98-95-54-81-50-72(36-40-77(81)63-109(95)115(107)111(97)98)67(5)32-33-68(6)73-37-41-78-64-110-96(55-82(78)51-73)100-59-84(58-99-94-53-80-49-71(66(3)4)35-39-76(80)62-108(94)116(110)112(99)100)74-44-47-92-91-26-14-19-31-105(91)114(106(92)60-74)103-29-17-12-24-89(103)90-25-13-18-30-104(90)114/h7-31,34-68H,32-33H2,1-6H3. The van der Waals surface area contributed by atoms with Crippen LogP contribution < -0.4 is 0 Å². The van der Waals surface area contributed by atoms with Crippen molar-refractivity contribution in [3.05, 3.63) is 406 Å². The highest BCUT2D eigenvalue weighted by atomic mass is 14.9. The molecule has 2 heteroatoms. The van der Waals surface area contributed by atoms with E-state index in [1.54, 1.807) is 0 Å². The lowest BCUT2D eigenvalue weighted by Crippen LogP contribution is -2.28. The molecular weight excluding hydrogens is 1400 g/mol. The zero-order valence-corrected chi connectivity index (χ0v) is 65.9. The SMILES string of the molecule is CC(C)c1ccc2cc3c(cc2c1)c1cc(-c2ccc(C4(c5ccccc5)c5ccccc5-c5ccccc54)cc2)cc2c4cc5cc(C(C)CCC(C)c6ccc7cc8c(cc7c6)c6cc(-c7ccc9c(c7)C7(c%10ccccc%10-c%10ccccc%107)c7ccccc7-9)cc7c9cc%10cc(C(C)C)ccc%10cc9n8c76)ccc5cc4n3c12. The van der Waals surface area contributed by atoms with Crippen LogP contribution in [0.4, 0.5) is 0 Å². The minimum Gasteiger partial charge on any atom is -0.308 e. The summed E-state index contributed by atoms with van der Waals surface area (Å²) in [5.41, 5.74) is 35.8. The minimum atomic E-state index is -0.461. The van der Waals surface area contributed by atoms with E-state index >= 15 is 0 Å². The summed E-state index contributed by atoms with van der Waals surface area (Å²) in [5, 5.41) is 20.7. The Balaban J connectivity index is 0.574. The second-order valence-corrected chi connectivity index (χ2v) is 35.0. The normalized spacial score (nSPS) is 14.4. The summed E-state index contributed by atoms with van der Waals surface area (Å²) in [7, 11) is 0. The molecule has 18 aromatic carbocycles. The maximum Gasteiger partial charge on any atom is 0.0725 e. The van der Waals surface area contributed by atoms with Crippen molar-refractivity contribution in [2.45, 2.75) is 88.9 Å². The van der Waals surface area contributed by atoms with Crippen molar-refractivity contribution in [2.75, 3.05) is 0 Å². The van der Waals surface area contributed by atoms with Gasteiger partial charge in [0.05, 0.1) is 43.9 Å². The summed E-state index contributed by atoms with van der Waals surface area (Å²) in [6, 6.07) is 133. The largest absolute Gasteiger partial charge is 0.308 e. The first-order valence-electron chi connectivity index (χ1n) is 42.0. The summed E-state index contributed by atoms with van der Waals surface area (Å²) < 4.78 is 5.19. The zero-order valence-electron chi connectivity index (χ0n) is 65.9. The monoisotopic (exact) mass is 1480 g/mol. The molecular formula is C114H82N2. The third-order valence-corrected chi connectivity index (χ3v) is 28.4. The van der Waals surface area contributed by atoms with Crippen LogP contribution in [0, 0.1) is 0 Å². The zero-order chi connectivity index (χ0) is 76.9. The first-order chi connectivity index (χ1) is 56.9. The molecule has 22 aromatic rings. The second-order valence-electron chi connectivity index (χ2n) is 35.0. The average molecular weight is 1480 g/mol. The smallest absolute Gasteiger partial charge is 0.0725 e. The summed E-state index contributed by atoms with van der Waals surface area (Å²) >= 11 is 0. The molecule has 2 unspecified atom stereocenters. The molecule has 116 heavy (non-hydrogen) atoms. The van der Waals surface area contributed by atoms with E-state index in [1.165, 1.54) is 242 Å². The topological polar surface area (TPSA) is 8.82 Å². The number of aromatic nitrogens is 2. The van der Waals surface area contributed by atoms with Crippen LogP contribution >= 0.6 is 0 Å². The van der Waals surface area contributed by atoms with Crippen LogP contribution in [-0.2, 0) is 10.8 Å². The molecule has 3 aliphatic carbocycles. The van der Waals surface area contributed by atoms with Crippen LogP contribution in [-0.4, -0.2) is 8.80 Å². The molecule has 0 fully saturated rings.